The summed E-state index contributed by atoms with van der Waals surface area (Å²) in [5, 5.41) is 5.25. The number of ether oxygens (including phenoxy) is 1. The highest BCUT2D eigenvalue weighted by Crippen LogP contribution is 2.39. The molecule has 152 valence electrons. The molecule has 29 heavy (non-hydrogen) atoms. The van der Waals surface area contributed by atoms with Gasteiger partial charge >= 0.3 is 0 Å². The Bertz CT molecular complexity index is 995. The molecule has 1 spiro atoms. The van der Waals surface area contributed by atoms with Crippen molar-refractivity contribution in [3.63, 3.8) is 0 Å². The van der Waals surface area contributed by atoms with Gasteiger partial charge in [0.15, 0.2) is 5.69 Å². The van der Waals surface area contributed by atoms with Crippen LogP contribution in [0.1, 0.15) is 42.9 Å². The fourth-order valence-electron chi connectivity index (χ4n) is 3.61. The number of fused-ring (bicyclic) bond motifs is 1. The van der Waals surface area contributed by atoms with Crippen LogP contribution in [0.2, 0.25) is 0 Å². The van der Waals surface area contributed by atoms with E-state index >= 15 is 0 Å². The van der Waals surface area contributed by atoms with Gasteiger partial charge in [0, 0.05) is 25.5 Å². The molecule has 2 aliphatic heterocycles. The number of thiophene rings is 1. The molecule has 5 rings (SSSR count). The summed E-state index contributed by atoms with van der Waals surface area (Å²) in [5.41, 5.74) is 2.49. The Morgan fingerprint density at radius 3 is 2.72 bits per heavy atom. The first-order chi connectivity index (χ1) is 14.1. The zero-order chi connectivity index (χ0) is 20.4. The summed E-state index contributed by atoms with van der Waals surface area (Å²) in [4.78, 5) is 28.2. The Labute approximate surface area is 174 Å². The minimum Gasteiger partial charge on any atom is -0.380 e. The number of aromatic nitrogens is 3. The second kappa shape index (κ2) is 8.04. The number of carbonyl (C=O) groups is 1. The van der Waals surface area contributed by atoms with Crippen molar-refractivity contribution < 1.29 is 9.53 Å². The summed E-state index contributed by atoms with van der Waals surface area (Å²) in [5.74, 6) is 0.433. The van der Waals surface area contributed by atoms with Gasteiger partial charge in [-0.15, -0.1) is 11.3 Å². The molecule has 1 atom stereocenters. The topological polar surface area (TPSA) is 80.2 Å². The molecule has 2 aliphatic rings. The molecule has 0 saturated carbocycles. The van der Waals surface area contributed by atoms with Crippen molar-refractivity contribution in [3.05, 3.63) is 47.2 Å². The Kier molecular flexibility index (Phi) is 5.47. The molecule has 2 fully saturated rings. The highest BCUT2D eigenvalue weighted by Gasteiger charge is 2.51. The van der Waals surface area contributed by atoms with Gasteiger partial charge < -0.3 is 15.0 Å². The molecular formula is C21H25N5O2S. The second-order valence-electron chi connectivity index (χ2n) is 7.34. The predicted molar refractivity (Wildman–Crippen MR) is 114 cm³/mol. The normalized spacial score (nSPS) is 17.7. The van der Waals surface area contributed by atoms with Crippen LogP contribution in [0.15, 0.2) is 36.0 Å². The van der Waals surface area contributed by atoms with Crippen molar-refractivity contribution in [1.29, 1.82) is 0 Å². The third-order valence-corrected chi connectivity index (χ3v) is 6.10. The van der Waals surface area contributed by atoms with E-state index in [1.54, 1.807) is 6.20 Å². The number of nitrogens with one attached hydrogen (secondary N) is 1. The van der Waals surface area contributed by atoms with E-state index in [9.17, 15) is 4.79 Å². The average Bonchev–Trinajstić information content (AvgIpc) is 3.16. The largest absolute Gasteiger partial charge is 0.380 e. The molecule has 0 radical (unpaired) electrons. The molecule has 0 aliphatic carbocycles. The summed E-state index contributed by atoms with van der Waals surface area (Å²) in [6.45, 7) is 9.03. The van der Waals surface area contributed by atoms with Crippen LogP contribution in [0.4, 0.5) is 5.95 Å². The predicted octanol–water partition coefficient (Wildman–Crippen LogP) is 3.76. The van der Waals surface area contributed by atoms with Crippen LogP contribution in [-0.2, 0) is 4.74 Å². The van der Waals surface area contributed by atoms with Crippen LogP contribution in [0.5, 0.6) is 0 Å². The zero-order valence-corrected chi connectivity index (χ0v) is 17.7. The van der Waals surface area contributed by atoms with Crippen LogP contribution in [0.3, 0.4) is 0 Å². The maximum absolute atomic E-state index is 13.0. The maximum atomic E-state index is 13.0. The molecule has 0 aromatic carbocycles. The van der Waals surface area contributed by atoms with Crippen molar-refractivity contribution in [3.8, 4) is 0 Å². The van der Waals surface area contributed by atoms with Crippen molar-refractivity contribution in [2.45, 2.75) is 26.8 Å². The van der Waals surface area contributed by atoms with Crippen LogP contribution < -0.4 is 5.32 Å². The first kappa shape index (κ1) is 19.7. The number of amides is 1. The summed E-state index contributed by atoms with van der Waals surface area (Å²) in [7, 11) is 0. The number of likely N-dealkylation sites (tertiary alicyclic amines) is 1. The molecule has 1 amide bonds. The molecule has 1 N–H and O–H groups in total. The minimum absolute atomic E-state index is 0.0165. The fourth-order valence-corrected chi connectivity index (χ4v) is 4.42. The van der Waals surface area contributed by atoms with Gasteiger partial charge in [-0.2, -0.15) is 0 Å². The molecule has 5 heterocycles. The molecule has 1 unspecified atom stereocenters. The lowest BCUT2D eigenvalue weighted by Crippen LogP contribution is -2.67. The smallest absolute Gasteiger partial charge is 0.274 e. The number of nitrogens with zero attached hydrogens (tertiary/aromatic N) is 4. The molecule has 2 saturated heterocycles. The molecule has 3 aromatic heterocycles. The minimum atomic E-state index is -0.0283. The van der Waals surface area contributed by atoms with Gasteiger partial charge in [-0.3, -0.25) is 9.78 Å². The summed E-state index contributed by atoms with van der Waals surface area (Å²) >= 11 is 1.50. The number of rotatable bonds is 4. The summed E-state index contributed by atoms with van der Waals surface area (Å²) in [6, 6.07) is 5.81. The number of pyridine rings is 1. The van der Waals surface area contributed by atoms with Crippen molar-refractivity contribution in [1.82, 2.24) is 19.9 Å². The van der Waals surface area contributed by atoms with Crippen molar-refractivity contribution >= 4 is 33.4 Å². The Balaban J connectivity index is 0.000000994. The first-order valence-corrected chi connectivity index (χ1v) is 10.8. The van der Waals surface area contributed by atoms with Crippen LogP contribution in [0, 0.1) is 5.41 Å². The van der Waals surface area contributed by atoms with Gasteiger partial charge in [0.05, 0.1) is 34.9 Å². The highest BCUT2D eigenvalue weighted by molar-refractivity contribution is 7.17. The number of carbonyl (C=O) groups excluding carboxylic acids is 1. The number of hydrogen-bond donors (Lipinski definition) is 1. The van der Waals surface area contributed by atoms with Crippen LogP contribution in [0.25, 0.3) is 10.2 Å². The van der Waals surface area contributed by atoms with E-state index in [2.05, 4.69) is 20.3 Å². The van der Waals surface area contributed by atoms with Gasteiger partial charge in [-0.25, -0.2) is 9.97 Å². The Hall–Kier alpha value is -2.58. The van der Waals surface area contributed by atoms with Gasteiger partial charge in [-0.05, 0) is 30.0 Å². The standard InChI is InChI=1S/C19H19N5O2S.C2H6/c1-12(13-3-2-5-20-7-13)21-18-22-14-4-6-27-16(14)15(23-18)17(25)24-8-19(9-24)10-26-11-19;1-2/h2-7,12H,8-11H2,1H3,(H,21,22,23);1-2H3. The second-order valence-corrected chi connectivity index (χ2v) is 8.25. The zero-order valence-electron chi connectivity index (χ0n) is 16.9. The van der Waals surface area contributed by atoms with Gasteiger partial charge in [-0.1, -0.05) is 19.9 Å². The highest BCUT2D eigenvalue weighted by atomic mass is 32.1. The molecule has 7 nitrogen and oxygen atoms in total. The lowest BCUT2D eigenvalue weighted by atomic mass is 9.78. The summed E-state index contributed by atoms with van der Waals surface area (Å²) in [6.07, 6.45) is 3.56. The SMILES string of the molecule is CC.CC(Nc1nc(C(=O)N2CC3(COC3)C2)c2sccc2n1)c1cccnc1. The molecule has 8 heteroatoms. The van der Waals surface area contributed by atoms with Gasteiger partial charge in [0.1, 0.15) is 0 Å². The van der Waals surface area contributed by atoms with Gasteiger partial charge in [0.2, 0.25) is 5.95 Å². The third-order valence-electron chi connectivity index (χ3n) is 5.19. The monoisotopic (exact) mass is 411 g/mol. The van der Waals surface area contributed by atoms with Crippen LogP contribution in [-0.4, -0.2) is 52.1 Å². The van der Waals surface area contributed by atoms with E-state index in [4.69, 9.17) is 4.74 Å². The Morgan fingerprint density at radius 2 is 2.07 bits per heavy atom. The Morgan fingerprint density at radius 1 is 1.28 bits per heavy atom. The molecule has 0 bridgehead atoms. The number of anilines is 1. The number of hydrogen-bond acceptors (Lipinski definition) is 7. The quantitative estimate of drug-likeness (QED) is 0.704. The van der Waals surface area contributed by atoms with Gasteiger partial charge in [0.25, 0.3) is 5.91 Å². The fraction of sp³-hybridized carbons (Fsp3) is 0.429. The van der Waals surface area contributed by atoms with E-state index in [0.29, 0.717) is 11.6 Å². The van der Waals surface area contributed by atoms with E-state index in [0.717, 1.165) is 42.1 Å². The molecular weight excluding hydrogens is 386 g/mol. The van der Waals surface area contributed by atoms with E-state index in [-0.39, 0.29) is 17.4 Å². The van der Waals surface area contributed by atoms with Crippen LogP contribution >= 0.6 is 11.3 Å². The maximum Gasteiger partial charge on any atom is 0.274 e. The third kappa shape index (κ3) is 3.70. The van der Waals surface area contributed by atoms with E-state index in [1.165, 1.54) is 11.3 Å². The van der Waals surface area contributed by atoms with Crippen molar-refractivity contribution in [2.75, 3.05) is 31.6 Å². The molecule has 3 aromatic rings. The average molecular weight is 412 g/mol. The summed E-state index contributed by atoms with van der Waals surface area (Å²) < 4.78 is 6.14. The lowest BCUT2D eigenvalue weighted by molar-refractivity contribution is -0.176. The lowest BCUT2D eigenvalue weighted by Gasteiger charge is -2.54. The van der Waals surface area contributed by atoms with Crippen molar-refractivity contribution in [2.24, 2.45) is 5.41 Å². The van der Waals surface area contributed by atoms with E-state index < -0.39 is 0 Å². The first-order valence-electron chi connectivity index (χ1n) is 9.92. The van der Waals surface area contributed by atoms with E-state index in [1.807, 2.05) is 55.4 Å².